The molecule has 1 atom stereocenters. The molecule has 106 valence electrons. The van der Waals surface area contributed by atoms with Gasteiger partial charge in [-0.15, -0.1) is 0 Å². The van der Waals surface area contributed by atoms with Crippen LogP contribution in [0.25, 0.3) is 0 Å². The van der Waals surface area contributed by atoms with Gasteiger partial charge in [-0.3, -0.25) is 0 Å². The number of halogens is 5. The van der Waals surface area contributed by atoms with E-state index >= 15 is 0 Å². The Kier molecular flexibility index (Phi) is 4.45. The van der Waals surface area contributed by atoms with Gasteiger partial charge < -0.3 is 5.73 Å². The fourth-order valence-corrected chi connectivity index (χ4v) is 2.25. The third-order valence-corrected chi connectivity index (χ3v) is 3.48. The zero-order valence-corrected chi connectivity index (χ0v) is 11.7. The molecule has 0 spiro atoms. The molecular weight excluding hydrogens is 338 g/mol. The Hall–Kier alpha value is -1.40. The lowest BCUT2D eigenvalue weighted by molar-refractivity contribution is 0.443. The molecule has 0 saturated heterocycles. The Morgan fingerprint density at radius 2 is 1.55 bits per heavy atom. The van der Waals surface area contributed by atoms with Crippen LogP contribution < -0.4 is 5.73 Å². The van der Waals surface area contributed by atoms with Gasteiger partial charge in [0.05, 0.1) is 4.47 Å². The molecule has 0 aliphatic heterocycles. The lowest BCUT2D eigenvalue weighted by Gasteiger charge is -2.13. The van der Waals surface area contributed by atoms with Crippen LogP contribution in [-0.2, 0) is 6.42 Å². The molecule has 2 rings (SSSR count). The summed E-state index contributed by atoms with van der Waals surface area (Å²) in [4.78, 5) is 0. The molecule has 0 heterocycles. The fraction of sp³-hybridized carbons (Fsp3) is 0.143. The second-order valence-electron chi connectivity index (χ2n) is 4.36. The summed E-state index contributed by atoms with van der Waals surface area (Å²) >= 11 is 3.04. The molecule has 0 amide bonds. The number of hydrogen-bond acceptors (Lipinski definition) is 1. The van der Waals surface area contributed by atoms with E-state index in [2.05, 4.69) is 15.9 Å². The Bertz CT molecular complexity index is 622. The first-order valence-electron chi connectivity index (χ1n) is 5.72. The molecule has 0 fully saturated rings. The molecule has 2 aromatic rings. The van der Waals surface area contributed by atoms with Crippen LogP contribution in [-0.4, -0.2) is 0 Å². The van der Waals surface area contributed by atoms with Crippen LogP contribution in [0, 0.1) is 23.3 Å². The second-order valence-corrected chi connectivity index (χ2v) is 5.21. The van der Waals surface area contributed by atoms with Crippen LogP contribution in [0.4, 0.5) is 17.6 Å². The molecule has 1 unspecified atom stereocenters. The van der Waals surface area contributed by atoms with Crippen molar-refractivity contribution in [3.05, 3.63) is 69.2 Å². The molecule has 20 heavy (non-hydrogen) atoms. The first kappa shape index (κ1) is 15.0. The van der Waals surface area contributed by atoms with E-state index in [4.69, 9.17) is 5.73 Å². The van der Waals surface area contributed by atoms with E-state index in [1.54, 1.807) is 0 Å². The molecule has 2 N–H and O–H groups in total. The van der Waals surface area contributed by atoms with Gasteiger partial charge in [-0.1, -0.05) is 6.07 Å². The van der Waals surface area contributed by atoms with Gasteiger partial charge in [0.15, 0.2) is 17.5 Å². The van der Waals surface area contributed by atoms with E-state index < -0.39 is 29.3 Å². The quantitative estimate of drug-likeness (QED) is 0.651. The van der Waals surface area contributed by atoms with Gasteiger partial charge >= 0.3 is 0 Å². The summed E-state index contributed by atoms with van der Waals surface area (Å²) in [7, 11) is 0. The predicted molar refractivity (Wildman–Crippen MR) is 71.0 cm³/mol. The molecular formula is C14H10BrF4N. The molecule has 2 aromatic carbocycles. The highest BCUT2D eigenvalue weighted by atomic mass is 79.9. The number of nitrogens with two attached hydrogens (primary N) is 1. The van der Waals surface area contributed by atoms with Crippen LogP contribution in [0.1, 0.15) is 17.2 Å². The molecule has 1 nitrogen and oxygen atoms in total. The van der Waals surface area contributed by atoms with E-state index in [1.807, 2.05) is 0 Å². The lowest BCUT2D eigenvalue weighted by Crippen LogP contribution is -2.14. The zero-order valence-electron chi connectivity index (χ0n) is 10.1. The molecule has 6 heteroatoms. The number of rotatable bonds is 3. The maximum Gasteiger partial charge on any atom is 0.194 e. The van der Waals surface area contributed by atoms with Crippen molar-refractivity contribution in [2.45, 2.75) is 12.5 Å². The molecule has 0 radical (unpaired) electrons. The van der Waals surface area contributed by atoms with Crippen molar-refractivity contribution < 1.29 is 17.6 Å². The third-order valence-electron chi connectivity index (χ3n) is 2.87. The van der Waals surface area contributed by atoms with Crippen molar-refractivity contribution in [2.24, 2.45) is 5.73 Å². The largest absolute Gasteiger partial charge is 0.324 e. The van der Waals surface area contributed by atoms with Crippen LogP contribution in [0.3, 0.4) is 0 Å². The SMILES string of the molecule is NC(Cc1ccc(F)c(Br)c1)c1cc(F)c(F)c(F)c1. The fourth-order valence-electron chi connectivity index (χ4n) is 1.83. The first-order valence-corrected chi connectivity index (χ1v) is 6.51. The second kappa shape index (κ2) is 5.93. The van der Waals surface area contributed by atoms with Crippen molar-refractivity contribution in [2.75, 3.05) is 0 Å². The van der Waals surface area contributed by atoms with E-state index in [0.717, 1.165) is 12.1 Å². The van der Waals surface area contributed by atoms with Gasteiger partial charge in [0, 0.05) is 6.04 Å². The van der Waals surface area contributed by atoms with Crippen LogP contribution in [0.5, 0.6) is 0 Å². The van der Waals surface area contributed by atoms with Gasteiger partial charge in [-0.25, -0.2) is 17.6 Å². The van der Waals surface area contributed by atoms with Crippen molar-refractivity contribution >= 4 is 15.9 Å². The lowest BCUT2D eigenvalue weighted by atomic mass is 9.99. The molecule has 0 aliphatic rings. The van der Waals surface area contributed by atoms with Crippen LogP contribution in [0.2, 0.25) is 0 Å². The van der Waals surface area contributed by atoms with Gasteiger partial charge in [0.25, 0.3) is 0 Å². The van der Waals surface area contributed by atoms with E-state index in [9.17, 15) is 17.6 Å². The van der Waals surface area contributed by atoms with Crippen molar-refractivity contribution in [1.29, 1.82) is 0 Å². The molecule has 0 aliphatic carbocycles. The normalized spacial score (nSPS) is 12.5. The summed E-state index contributed by atoms with van der Waals surface area (Å²) in [5.74, 6) is -4.50. The zero-order chi connectivity index (χ0) is 14.9. The van der Waals surface area contributed by atoms with Gasteiger partial charge in [-0.05, 0) is 57.7 Å². The summed E-state index contributed by atoms with van der Waals surface area (Å²) in [5.41, 5.74) is 6.67. The Morgan fingerprint density at radius 1 is 0.950 bits per heavy atom. The molecule has 0 saturated carbocycles. The maximum atomic E-state index is 13.1. The van der Waals surface area contributed by atoms with Gasteiger partial charge in [0.1, 0.15) is 5.82 Å². The average molecular weight is 348 g/mol. The van der Waals surface area contributed by atoms with E-state index in [1.165, 1.54) is 18.2 Å². The highest BCUT2D eigenvalue weighted by Crippen LogP contribution is 2.23. The minimum Gasteiger partial charge on any atom is -0.324 e. The van der Waals surface area contributed by atoms with Crippen molar-refractivity contribution in [1.82, 2.24) is 0 Å². The van der Waals surface area contributed by atoms with Gasteiger partial charge in [-0.2, -0.15) is 0 Å². The van der Waals surface area contributed by atoms with E-state index in [0.29, 0.717) is 5.56 Å². The van der Waals surface area contributed by atoms with E-state index in [-0.39, 0.29) is 16.5 Å². The topological polar surface area (TPSA) is 26.0 Å². The first-order chi connectivity index (χ1) is 9.38. The van der Waals surface area contributed by atoms with Crippen LogP contribution >= 0.6 is 15.9 Å². The minimum absolute atomic E-state index is 0.141. The molecule has 0 aromatic heterocycles. The number of benzene rings is 2. The summed E-state index contributed by atoms with van der Waals surface area (Å²) < 4.78 is 52.5. The Labute approximate surface area is 121 Å². The monoisotopic (exact) mass is 347 g/mol. The smallest absolute Gasteiger partial charge is 0.194 e. The van der Waals surface area contributed by atoms with Gasteiger partial charge in [0.2, 0.25) is 0 Å². The standard InChI is InChI=1S/C14H10BrF4N/c15-9-3-7(1-2-10(9)16)4-13(20)8-5-11(17)14(19)12(18)6-8/h1-3,5-6,13H,4,20H2. The average Bonchev–Trinajstić information content (AvgIpc) is 2.39. The van der Waals surface area contributed by atoms with Crippen molar-refractivity contribution in [3.63, 3.8) is 0 Å². The van der Waals surface area contributed by atoms with Crippen molar-refractivity contribution in [3.8, 4) is 0 Å². The predicted octanol–water partition coefficient (Wildman–Crippen LogP) is 4.25. The molecule has 0 bridgehead atoms. The maximum absolute atomic E-state index is 13.1. The summed E-state index contributed by atoms with van der Waals surface area (Å²) in [6, 6.07) is 5.32. The Balaban J connectivity index is 2.23. The number of hydrogen-bond donors (Lipinski definition) is 1. The summed E-state index contributed by atoms with van der Waals surface area (Å²) in [6.07, 6.45) is 0.239. The highest BCUT2D eigenvalue weighted by Gasteiger charge is 2.15. The Morgan fingerprint density at radius 3 is 2.10 bits per heavy atom. The van der Waals surface area contributed by atoms with Crippen LogP contribution in [0.15, 0.2) is 34.8 Å². The minimum atomic E-state index is -1.52. The summed E-state index contributed by atoms with van der Waals surface area (Å²) in [6.45, 7) is 0. The highest BCUT2D eigenvalue weighted by molar-refractivity contribution is 9.10. The third kappa shape index (κ3) is 3.19. The summed E-state index contributed by atoms with van der Waals surface area (Å²) in [5, 5.41) is 0.